The van der Waals surface area contributed by atoms with Crippen LogP contribution < -0.4 is 11.1 Å². The highest BCUT2D eigenvalue weighted by atomic mass is 32.3. The number of nitrogen functional groups attached to an aromatic ring is 1. The minimum atomic E-state index is -1.18. The van der Waals surface area contributed by atoms with E-state index >= 15 is 0 Å². The van der Waals surface area contributed by atoms with E-state index in [9.17, 15) is 4.79 Å². The van der Waals surface area contributed by atoms with Crippen molar-refractivity contribution in [1.82, 2.24) is 9.36 Å². The summed E-state index contributed by atoms with van der Waals surface area (Å²) in [6.45, 7) is 0. The fourth-order valence-corrected chi connectivity index (χ4v) is 7.75. The summed E-state index contributed by atoms with van der Waals surface area (Å²) in [5, 5.41) is 7.64. The highest BCUT2D eigenvalue weighted by Crippen LogP contribution is 2.53. The van der Waals surface area contributed by atoms with E-state index in [1.165, 1.54) is 11.8 Å². The number of fused-ring (bicyclic) bond motifs is 1. The van der Waals surface area contributed by atoms with E-state index in [1.807, 2.05) is 115 Å². The number of aromatic nitrogens is 2. The Morgan fingerprint density at radius 2 is 1.41 bits per heavy atom. The van der Waals surface area contributed by atoms with Crippen LogP contribution in [0, 0.1) is 0 Å². The number of benzene rings is 4. The number of carbonyl (C=O) groups excluding carboxylic acids is 1. The average molecular weight is 614 g/mol. The molecule has 0 amide bonds. The van der Waals surface area contributed by atoms with Crippen molar-refractivity contribution in [3.05, 3.63) is 138 Å². The smallest absolute Gasteiger partial charge is 0.249 e. The van der Waals surface area contributed by atoms with Crippen molar-refractivity contribution in [1.29, 1.82) is 0 Å². The molecular weight excluding hydrogens is 591 g/mol. The van der Waals surface area contributed by atoms with Gasteiger partial charge in [0, 0.05) is 33.1 Å². The van der Waals surface area contributed by atoms with Crippen LogP contribution in [0.15, 0.2) is 125 Å². The quantitative estimate of drug-likeness (QED) is 0.0574. The third kappa shape index (κ3) is 5.58. The van der Waals surface area contributed by atoms with Gasteiger partial charge in [-0.2, -0.15) is 9.36 Å². The number of nitrogens with two attached hydrogens (primary N) is 1. The van der Waals surface area contributed by atoms with E-state index in [0.717, 1.165) is 50.6 Å². The van der Waals surface area contributed by atoms with Crippen molar-refractivity contribution in [3.63, 3.8) is 0 Å². The topological polar surface area (TPSA) is 102 Å². The third-order valence-electron chi connectivity index (χ3n) is 6.32. The number of oxime groups is 1. The summed E-state index contributed by atoms with van der Waals surface area (Å²) < 4.78 is 3.33. The lowest BCUT2D eigenvalue weighted by atomic mass is 9.80. The molecule has 0 spiro atoms. The molecule has 1 aliphatic rings. The lowest BCUT2D eigenvalue weighted by Gasteiger charge is -2.33. The number of nitrogens with zero attached hydrogens (tertiary/aromatic N) is 3. The number of rotatable bonds is 8. The molecule has 0 radical (unpaired) electrons. The summed E-state index contributed by atoms with van der Waals surface area (Å²) in [7, 11) is 0. The maximum atomic E-state index is 13.9. The fraction of sp³-hybridized carbons (Fsp3) is 0.0667. The Bertz CT molecular complexity index is 1580. The van der Waals surface area contributed by atoms with E-state index in [-0.39, 0.29) is 16.7 Å². The number of hydrogen-bond donors (Lipinski definition) is 3. The van der Waals surface area contributed by atoms with Gasteiger partial charge in [0.25, 0.3) is 0 Å². The molecule has 1 aromatic heterocycles. The van der Waals surface area contributed by atoms with Crippen molar-refractivity contribution in [2.45, 2.75) is 14.0 Å². The SMILES string of the molecule is Nc1nc(/C(=N/OC(c2ccccc2)(c2ccccc2)c2ccccc2)C(=O)SC2(S)Nc3ccccc3S2)ns1. The number of para-hydroxylation sites is 1. The molecule has 6 rings (SSSR count). The summed E-state index contributed by atoms with van der Waals surface area (Å²) in [5.74, 6) is 0.0885. The molecule has 0 fully saturated rings. The molecule has 5 aromatic rings. The summed E-state index contributed by atoms with van der Waals surface area (Å²) in [4.78, 5) is 25.8. The number of thioether (sulfide) groups is 2. The van der Waals surface area contributed by atoms with Crippen LogP contribution in [0.4, 0.5) is 10.8 Å². The molecule has 2 heterocycles. The molecule has 1 atom stereocenters. The first-order chi connectivity index (χ1) is 20.0. The molecule has 3 N–H and O–H groups in total. The second kappa shape index (κ2) is 11.6. The van der Waals surface area contributed by atoms with E-state index in [2.05, 4.69) is 19.8 Å². The van der Waals surface area contributed by atoms with E-state index < -0.39 is 14.3 Å². The Morgan fingerprint density at radius 1 is 0.878 bits per heavy atom. The lowest BCUT2D eigenvalue weighted by Crippen LogP contribution is -2.32. The van der Waals surface area contributed by atoms with Crippen LogP contribution in [0.25, 0.3) is 0 Å². The molecule has 0 aliphatic carbocycles. The molecule has 41 heavy (non-hydrogen) atoms. The zero-order valence-electron chi connectivity index (χ0n) is 21.4. The zero-order chi connectivity index (χ0) is 28.3. The first-order valence-electron chi connectivity index (χ1n) is 12.5. The number of carbonyl (C=O) groups is 1. The van der Waals surface area contributed by atoms with Gasteiger partial charge in [-0.1, -0.05) is 120 Å². The zero-order valence-corrected chi connectivity index (χ0v) is 24.7. The lowest BCUT2D eigenvalue weighted by molar-refractivity contribution is -0.105. The van der Waals surface area contributed by atoms with E-state index in [4.69, 9.17) is 23.2 Å². The summed E-state index contributed by atoms with van der Waals surface area (Å²) in [5.41, 5.74) is 8.07. The number of nitrogens with one attached hydrogen (secondary N) is 1. The summed E-state index contributed by atoms with van der Waals surface area (Å²) in [6, 6.07) is 37.1. The highest BCUT2D eigenvalue weighted by Gasteiger charge is 2.42. The van der Waals surface area contributed by atoms with Gasteiger partial charge in [-0.25, -0.2) is 0 Å². The first kappa shape index (κ1) is 27.4. The normalized spacial score (nSPS) is 16.6. The van der Waals surface area contributed by atoms with Crippen molar-refractivity contribution in [3.8, 4) is 0 Å². The van der Waals surface area contributed by atoms with Crippen LogP contribution >= 0.6 is 47.7 Å². The second-order valence-corrected chi connectivity index (χ2v) is 13.7. The molecule has 0 bridgehead atoms. The molecule has 7 nitrogen and oxygen atoms in total. The van der Waals surface area contributed by atoms with Crippen LogP contribution in [-0.4, -0.2) is 23.7 Å². The standard InChI is InChI=1S/C30H23N5O2S4/c31-28-32-26(35-41-28)25(27(36)40-30(38)33-23-18-10-11-19-24(23)39-30)34-37-29(20-12-4-1-5-13-20,21-14-6-2-7-15-21)22-16-8-3-9-17-22/h1-19,33,38H,(H2,31,32,35)/b34-25-. The summed E-state index contributed by atoms with van der Waals surface area (Å²) >= 11 is 8.19. The van der Waals surface area contributed by atoms with Crippen molar-refractivity contribution in [2.24, 2.45) is 5.16 Å². The predicted octanol–water partition coefficient (Wildman–Crippen LogP) is 6.85. The Kier molecular flexibility index (Phi) is 7.76. The third-order valence-corrected chi connectivity index (χ3v) is 9.73. The van der Waals surface area contributed by atoms with Crippen molar-refractivity contribution < 1.29 is 9.63 Å². The minimum absolute atomic E-state index is 0.0677. The predicted molar refractivity (Wildman–Crippen MR) is 171 cm³/mol. The molecule has 204 valence electrons. The van der Waals surface area contributed by atoms with Crippen molar-refractivity contribution >= 4 is 69.3 Å². The van der Waals surface area contributed by atoms with Gasteiger partial charge in [-0.05, 0) is 23.9 Å². The van der Waals surface area contributed by atoms with Crippen LogP contribution in [0.1, 0.15) is 22.5 Å². The molecular formula is C30H23N5O2S4. The van der Waals surface area contributed by atoms with Gasteiger partial charge in [0.15, 0.2) is 8.67 Å². The van der Waals surface area contributed by atoms with Crippen LogP contribution in [0.5, 0.6) is 0 Å². The van der Waals surface area contributed by atoms with Gasteiger partial charge < -0.3 is 15.9 Å². The maximum absolute atomic E-state index is 13.9. The Morgan fingerprint density at radius 3 is 1.93 bits per heavy atom. The first-order valence-corrected chi connectivity index (χ1v) is 15.4. The molecule has 1 unspecified atom stereocenters. The Labute approximate surface area is 255 Å². The number of anilines is 2. The van der Waals surface area contributed by atoms with E-state index in [0.29, 0.717) is 0 Å². The molecule has 0 saturated heterocycles. The van der Waals surface area contributed by atoms with Crippen LogP contribution in [0.3, 0.4) is 0 Å². The monoisotopic (exact) mass is 613 g/mol. The van der Waals surface area contributed by atoms with Gasteiger partial charge >= 0.3 is 0 Å². The van der Waals surface area contributed by atoms with Gasteiger partial charge in [-0.3, -0.25) is 4.79 Å². The van der Waals surface area contributed by atoms with Crippen molar-refractivity contribution in [2.75, 3.05) is 11.1 Å². The van der Waals surface area contributed by atoms with Gasteiger partial charge in [0.05, 0.1) is 5.69 Å². The van der Waals surface area contributed by atoms with Crippen LogP contribution in [0.2, 0.25) is 0 Å². The highest BCUT2D eigenvalue weighted by molar-refractivity contribution is 8.36. The second-order valence-electron chi connectivity index (χ2n) is 8.96. The molecule has 4 aromatic carbocycles. The number of thiol groups is 1. The van der Waals surface area contributed by atoms with Gasteiger partial charge in [0.1, 0.15) is 0 Å². The largest absolute Gasteiger partial charge is 0.374 e. The Balaban J connectivity index is 1.45. The van der Waals surface area contributed by atoms with Gasteiger partial charge in [0.2, 0.25) is 22.3 Å². The molecule has 1 aliphatic heterocycles. The maximum Gasteiger partial charge on any atom is 0.249 e. The van der Waals surface area contributed by atoms with E-state index in [1.54, 1.807) is 0 Å². The Hall–Kier alpha value is -3.77. The molecule has 0 saturated carbocycles. The average Bonchev–Trinajstić information content (AvgIpc) is 3.58. The number of hydrogen-bond acceptors (Lipinski definition) is 11. The molecule has 11 heteroatoms. The fourth-order valence-electron chi connectivity index (χ4n) is 4.52. The minimum Gasteiger partial charge on any atom is -0.374 e. The summed E-state index contributed by atoms with van der Waals surface area (Å²) in [6.07, 6.45) is 0. The van der Waals surface area contributed by atoms with Crippen LogP contribution in [-0.2, 0) is 15.2 Å². The van der Waals surface area contributed by atoms with Gasteiger partial charge in [-0.15, -0.1) is 12.6 Å².